The van der Waals surface area contributed by atoms with Crippen LogP contribution in [0.15, 0.2) is 35.4 Å². The Balaban J connectivity index is 1.40. The smallest absolute Gasteiger partial charge is 0.273 e. The summed E-state index contributed by atoms with van der Waals surface area (Å²) in [5, 5.41) is 3.06. The van der Waals surface area contributed by atoms with Crippen molar-refractivity contribution in [3.05, 3.63) is 40.9 Å². The molecule has 26 heavy (non-hydrogen) atoms. The number of hydrogen-bond acceptors (Lipinski definition) is 6. The van der Waals surface area contributed by atoms with Crippen LogP contribution in [0, 0.1) is 0 Å². The van der Waals surface area contributed by atoms with Gasteiger partial charge in [-0.15, -0.1) is 0 Å². The number of pyridine rings is 2. The summed E-state index contributed by atoms with van der Waals surface area (Å²) in [6.45, 7) is 5.80. The maximum atomic E-state index is 12.2. The predicted molar refractivity (Wildman–Crippen MR) is 103 cm³/mol. The van der Waals surface area contributed by atoms with Crippen LogP contribution in [0.1, 0.15) is 0 Å². The average molecular weight is 351 g/mol. The average Bonchev–Trinajstić information content (AvgIpc) is 2.59. The summed E-state index contributed by atoms with van der Waals surface area (Å²) in [7, 11) is 7.49. The number of aromatic nitrogens is 2. The van der Waals surface area contributed by atoms with Gasteiger partial charge in [0, 0.05) is 33.2 Å². The van der Waals surface area contributed by atoms with Crippen molar-refractivity contribution in [3.8, 4) is 0 Å². The third kappa shape index (κ3) is 3.47. The molecule has 0 aromatic carbocycles. The molecule has 2 aromatic heterocycles. The first-order valence-electron chi connectivity index (χ1n) is 8.86. The van der Waals surface area contributed by atoms with Crippen molar-refractivity contribution in [1.82, 2.24) is 14.5 Å². The molecule has 0 saturated carbocycles. The van der Waals surface area contributed by atoms with Crippen LogP contribution in [0.2, 0.25) is 0 Å². The summed E-state index contributed by atoms with van der Waals surface area (Å²) in [5.74, 6) is 0.627. The van der Waals surface area contributed by atoms with Crippen molar-refractivity contribution < 1.29 is 4.74 Å². The van der Waals surface area contributed by atoms with Crippen LogP contribution in [-0.4, -0.2) is 67.7 Å². The summed E-state index contributed by atoms with van der Waals surface area (Å²) < 4.78 is 6.74. The molecule has 2 aliphatic heterocycles. The Kier molecular flexibility index (Phi) is 4.69. The van der Waals surface area contributed by atoms with Gasteiger partial charge in [-0.05, 0) is 24.4 Å². The van der Waals surface area contributed by atoms with Gasteiger partial charge in [-0.1, -0.05) is 5.46 Å². The fraction of sp³-hybridized carbons (Fsp3) is 0.444. The van der Waals surface area contributed by atoms with Crippen molar-refractivity contribution in [2.75, 3.05) is 49.6 Å². The number of aryl methyl sites for hydroxylation is 1. The second-order valence-corrected chi connectivity index (χ2v) is 6.84. The molecular formula is C18H22BN5O2. The molecule has 4 heterocycles. The minimum Gasteiger partial charge on any atom is -0.378 e. The minimum atomic E-state index is -0.138. The van der Waals surface area contributed by atoms with Crippen LogP contribution >= 0.6 is 0 Å². The van der Waals surface area contributed by atoms with Gasteiger partial charge in [-0.25, -0.2) is 4.98 Å². The van der Waals surface area contributed by atoms with Crippen molar-refractivity contribution in [2.24, 2.45) is 7.05 Å². The summed E-state index contributed by atoms with van der Waals surface area (Å²) in [6.07, 6.45) is 3.45. The Labute approximate surface area is 154 Å². The highest BCUT2D eigenvalue weighted by atomic mass is 16.5. The molecule has 4 rings (SSSR count). The van der Waals surface area contributed by atoms with Crippen molar-refractivity contribution in [3.63, 3.8) is 0 Å². The van der Waals surface area contributed by atoms with E-state index in [1.807, 2.05) is 18.3 Å². The van der Waals surface area contributed by atoms with E-state index in [4.69, 9.17) is 12.6 Å². The van der Waals surface area contributed by atoms with Crippen molar-refractivity contribution in [2.45, 2.75) is 6.04 Å². The third-order valence-electron chi connectivity index (χ3n) is 5.03. The van der Waals surface area contributed by atoms with Crippen molar-refractivity contribution in [1.29, 1.82) is 0 Å². The molecule has 0 bridgehead atoms. The molecule has 0 aliphatic carbocycles. The fourth-order valence-electron chi connectivity index (χ4n) is 3.39. The van der Waals surface area contributed by atoms with E-state index in [0.717, 1.165) is 45.1 Å². The summed E-state index contributed by atoms with van der Waals surface area (Å²) in [4.78, 5) is 21.4. The van der Waals surface area contributed by atoms with Gasteiger partial charge >= 0.3 is 0 Å². The molecule has 0 atom stereocenters. The number of nitrogens with one attached hydrogen (secondary N) is 1. The van der Waals surface area contributed by atoms with E-state index in [0.29, 0.717) is 23.0 Å². The topological polar surface area (TPSA) is 62.6 Å². The molecule has 1 N–H and O–H groups in total. The second kappa shape index (κ2) is 7.13. The zero-order chi connectivity index (χ0) is 18.1. The lowest BCUT2D eigenvalue weighted by atomic mass is 9.98. The molecule has 2 saturated heterocycles. The van der Waals surface area contributed by atoms with Crippen LogP contribution < -0.4 is 21.2 Å². The summed E-state index contributed by atoms with van der Waals surface area (Å²) in [5.41, 5.74) is 1.91. The number of ether oxygens (including phenoxy) is 1. The van der Waals surface area contributed by atoms with Gasteiger partial charge in [0.2, 0.25) is 0 Å². The van der Waals surface area contributed by atoms with Gasteiger partial charge in [0.15, 0.2) is 0 Å². The van der Waals surface area contributed by atoms with E-state index >= 15 is 0 Å². The van der Waals surface area contributed by atoms with Gasteiger partial charge < -0.3 is 19.5 Å². The highest BCUT2D eigenvalue weighted by molar-refractivity contribution is 6.32. The molecular weight excluding hydrogens is 329 g/mol. The first kappa shape index (κ1) is 17.1. The standard InChI is InChI=1S/C18H22BN5O2/c1-22-10-13(19)8-16(18(22)25)21-17-3-2-14(9-20-17)23-4-6-24(7-5-23)15-11-26-12-15/h2-3,8-10,15H,4-7,11-12H2,1H3,(H,20,21). The Hall–Kier alpha value is -2.32. The fourth-order valence-corrected chi connectivity index (χ4v) is 3.39. The lowest BCUT2D eigenvalue weighted by Gasteiger charge is -2.43. The molecule has 2 aliphatic rings. The van der Waals surface area contributed by atoms with Gasteiger partial charge in [0.05, 0.1) is 31.1 Å². The van der Waals surface area contributed by atoms with Crippen LogP contribution in [0.5, 0.6) is 0 Å². The van der Waals surface area contributed by atoms with E-state index in [2.05, 4.69) is 20.1 Å². The molecule has 2 aromatic rings. The molecule has 0 unspecified atom stereocenters. The monoisotopic (exact) mass is 351 g/mol. The lowest BCUT2D eigenvalue weighted by molar-refractivity contribution is -0.0660. The zero-order valence-electron chi connectivity index (χ0n) is 14.9. The molecule has 2 radical (unpaired) electrons. The summed E-state index contributed by atoms with van der Waals surface area (Å²) >= 11 is 0. The van der Waals surface area contributed by atoms with E-state index in [9.17, 15) is 4.79 Å². The largest absolute Gasteiger partial charge is 0.378 e. The van der Waals surface area contributed by atoms with Crippen molar-refractivity contribution >= 4 is 30.5 Å². The number of piperazine rings is 1. The zero-order valence-corrected chi connectivity index (χ0v) is 14.9. The van der Waals surface area contributed by atoms with E-state index in [-0.39, 0.29) is 5.56 Å². The Bertz CT molecular complexity index is 826. The van der Waals surface area contributed by atoms with E-state index < -0.39 is 0 Å². The SMILES string of the molecule is [B]c1cc(Nc2ccc(N3CCN(C4COC4)CC3)cn2)c(=O)n(C)c1. The molecule has 134 valence electrons. The lowest BCUT2D eigenvalue weighted by Crippen LogP contribution is -2.56. The Morgan fingerprint density at radius 3 is 2.62 bits per heavy atom. The number of rotatable bonds is 4. The summed E-state index contributed by atoms with van der Waals surface area (Å²) in [6, 6.07) is 6.15. The van der Waals surface area contributed by atoms with E-state index in [1.165, 1.54) is 4.57 Å². The molecule has 8 heteroatoms. The maximum absolute atomic E-state index is 12.2. The van der Waals surface area contributed by atoms with Gasteiger partial charge in [0.1, 0.15) is 19.4 Å². The Morgan fingerprint density at radius 1 is 1.23 bits per heavy atom. The predicted octanol–water partition coefficient (Wildman–Crippen LogP) is -0.161. The van der Waals surface area contributed by atoms with Crippen LogP contribution in [-0.2, 0) is 11.8 Å². The Morgan fingerprint density at radius 2 is 2.00 bits per heavy atom. The first-order valence-corrected chi connectivity index (χ1v) is 8.86. The number of nitrogens with zero attached hydrogens (tertiary/aromatic N) is 4. The van der Waals surface area contributed by atoms with Gasteiger partial charge in [-0.2, -0.15) is 0 Å². The number of anilines is 3. The molecule has 0 amide bonds. The highest BCUT2D eigenvalue weighted by Crippen LogP contribution is 2.20. The quantitative estimate of drug-likeness (QED) is 0.773. The minimum absolute atomic E-state index is 0.138. The second-order valence-electron chi connectivity index (χ2n) is 6.84. The maximum Gasteiger partial charge on any atom is 0.273 e. The van der Waals surface area contributed by atoms with Gasteiger partial charge in [0.25, 0.3) is 5.56 Å². The first-order chi connectivity index (χ1) is 12.6. The molecule has 2 fully saturated rings. The van der Waals surface area contributed by atoms with Crippen LogP contribution in [0.4, 0.5) is 17.2 Å². The van der Waals surface area contributed by atoms with Crippen LogP contribution in [0.25, 0.3) is 0 Å². The van der Waals surface area contributed by atoms with Crippen LogP contribution in [0.3, 0.4) is 0 Å². The molecule has 7 nitrogen and oxygen atoms in total. The third-order valence-corrected chi connectivity index (χ3v) is 5.03. The van der Waals surface area contributed by atoms with E-state index in [1.54, 1.807) is 19.3 Å². The highest BCUT2D eigenvalue weighted by Gasteiger charge is 2.28. The number of hydrogen-bond donors (Lipinski definition) is 1. The van der Waals surface area contributed by atoms with Gasteiger partial charge in [-0.3, -0.25) is 9.69 Å². The normalized spacial score (nSPS) is 18.6. The molecule has 0 spiro atoms.